The van der Waals surface area contributed by atoms with Crippen LogP contribution < -0.4 is 5.43 Å². The second-order valence-corrected chi connectivity index (χ2v) is 5.03. The fourth-order valence-corrected chi connectivity index (χ4v) is 2.19. The number of hydrogen-bond donors (Lipinski definition) is 1. The van der Waals surface area contributed by atoms with Gasteiger partial charge in [-0.05, 0) is 11.6 Å². The maximum atomic E-state index is 6.14. The van der Waals surface area contributed by atoms with Crippen LogP contribution in [0.3, 0.4) is 0 Å². The minimum Gasteiger partial charge on any atom is -0.259 e. The number of hydrogen-bond acceptors (Lipinski definition) is 4. The highest BCUT2D eigenvalue weighted by Crippen LogP contribution is 2.19. The standard InChI is InChI=1S/C17H13ClN4/c18-15(10-13-6-2-1-3-7-13)12-20-22-17-16-9-5-4-8-14(16)11-19-21-17/h1-12H,(H,21,22)/b15-10-,20-12+. The molecule has 0 fully saturated rings. The molecular weight excluding hydrogens is 296 g/mol. The molecule has 22 heavy (non-hydrogen) atoms. The van der Waals surface area contributed by atoms with Crippen molar-refractivity contribution >= 4 is 40.5 Å². The first-order chi connectivity index (χ1) is 10.8. The number of halogens is 1. The Labute approximate surface area is 133 Å². The molecule has 4 nitrogen and oxygen atoms in total. The van der Waals surface area contributed by atoms with Crippen LogP contribution in [-0.2, 0) is 0 Å². The van der Waals surface area contributed by atoms with E-state index in [4.69, 9.17) is 11.6 Å². The Balaban J connectivity index is 1.75. The van der Waals surface area contributed by atoms with Gasteiger partial charge in [0.25, 0.3) is 0 Å². The molecule has 0 amide bonds. The molecule has 3 aromatic rings. The highest BCUT2D eigenvalue weighted by molar-refractivity contribution is 6.41. The van der Waals surface area contributed by atoms with Crippen LogP contribution in [-0.4, -0.2) is 16.4 Å². The normalized spacial score (nSPS) is 12.0. The van der Waals surface area contributed by atoms with Crippen molar-refractivity contribution in [1.29, 1.82) is 0 Å². The molecule has 0 saturated heterocycles. The number of allylic oxidation sites excluding steroid dienone is 1. The summed E-state index contributed by atoms with van der Waals surface area (Å²) in [5.41, 5.74) is 3.89. The minimum atomic E-state index is 0.520. The van der Waals surface area contributed by atoms with Crippen LogP contribution in [0.5, 0.6) is 0 Å². The van der Waals surface area contributed by atoms with Crippen LogP contribution in [0.1, 0.15) is 5.56 Å². The van der Waals surface area contributed by atoms with E-state index in [0.717, 1.165) is 16.3 Å². The molecule has 0 atom stereocenters. The average molecular weight is 309 g/mol. The fraction of sp³-hybridized carbons (Fsp3) is 0. The third kappa shape index (κ3) is 3.48. The van der Waals surface area contributed by atoms with Crippen LogP contribution in [0.2, 0.25) is 0 Å². The second kappa shape index (κ2) is 6.83. The van der Waals surface area contributed by atoms with Crippen molar-refractivity contribution in [3.8, 4) is 0 Å². The van der Waals surface area contributed by atoms with Crippen molar-refractivity contribution < 1.29 is 0 Å². The molecule has 5 heteroatoms. The van der Waals surface area contributed by atoms with E-state index in [1.54, 1.807) is 6.20 Å². The molecule has 0 radical (unpaired) electrons. The summed E-state index contributed by atoms with van der Waals surface area (Å²) in [6.45, 7) is 0. The van der Waals surface area contributed by atoms with Gasteiger partial charge < -0.3 is 0 Å². The van der Waals surface area contributed by atoms with Crippen molar-refractivity contribution in [2.75, 3.05) is 5.43 Å². The minimum absolute atomic E-state index is 0.520. The van der Waals surface area contributed by atoms with Gasteiger partial charge in [-0.25, -0.2) is 0 Å². The quantitative estimate of drug-likeness (QED) is 0.577. The molecule has 1 N–H and O–H groups in total. The maximum absolute atomic E-state index is 6.14. The van der Waals surface area contributed by atoms with Gasteiger partial charge in [0.1, 0.15) is 0 Å². The first kappa shape index (κ1) is 14.2. The van der Waals surface area contributed by atoms with E-state index in [2.05, 4.69) is 20.7 Å². The van der Waals surface area contributed by atoms with Gasteiger partial charge in [-0.15, -0.1) is 5.10 Å². The summed E-state index contributed by atoms with van der Waals surface area (Å²) in [7, 11) is 0. The summed E-state index contributed by atoms with van der Waals surface area (Å²) >= 11 is 6.14. The maximum Gasteiger partial charge on any atom is 0.176 e. The van der Waals surface area contributed by atoms with Gasteiger partial charge in [0.05, 0.1) is 17.4 Å². The summed E-state index contributed by atoms with van der Waals surface area (Å²) in [5, 5.41) is 14.6. The summed E-state index contributed by atoms with van der Waals surface area (Å²) in [6, 6.07) is 17.6. The Kier molecular flexibility index (Phi) is 4.41. The molecule has 3 rings (SSSR count). The molecule has 1 aromatic heterocycles. The monoisotopic (exact) mass is 308 g/mol. The Bertz CT molecular complexity index is 823. The van der Waals surface area contributed by atoms with Crippen LogP contribution >= 0.6 is 11.6 Å². The van der Waals surface area contributed by atoms with E-state index in [-0.39, 0.29) is 0 Å². The lowest BCUT2D eigenvalue weighted by Gasteiger charge is -2.02. The Hall–Kier alpha value is -2.72. The summed E-state index contributed by atoms with van der Waals surface area (Å²) in [5.74, 6) is 0.596. The van der Waals surface area contributed by atoms with Crippen LogP contribution in [0, 0.1) is 0 Å². The third-order valence-electron chi connectivity index (χ3n) is 3.03. The summed E-state index contributed by atoms with van der Waals surface area (Å²) in [4.78, 5) is 0. The lowest BCUT2D eigenvalue weighted by Crippen LogP contribution is -1.96. The fourth-order valence-electron chi connectivity index (χ4n) is 2.01. The number of hydrazone groups is 1. The zero-order valence-electron chi connectivity index (χ0n) is 11.6. The highest BCUT2D eigenvalue weighted by Gasteiger charge is 2.00. The van der Waals surface area contributed by atoms with Gasteiger partial charge in [0.2, 0.25) is 0 Å². The number of nitrogens with zero attached hydrogens (tertiary/aromatic N) is 3. The summed E-state index contributed by atoms with van der Waals surface area (Å²) in [6.07, 6.45) is 5.09. The molecule has 0 aliphatic rings. The molecule has 0 aliphatic carbocycles. The first-order valence-corrected chi connectivity index (χ1v) is 7.12. The highest BCUT2D eigenvalue weighted by atomic mass is 35.5. The number of nitrogens with one attached hydrogen (secondary N) is 1. The molecule has 1 heterocycles. The van der Waals surface area contributed by atoms with Gasteiger partial charge in [0, 0.05) is 10.8 Å². The van der Waals surface area contributed by atoms with Gasteiger partial charge in [0.15, 0.2) is 5.82 Å². The van der Waals surface area contributed by atoms with E-state index in [9.17, 15) is 0 Å². The molecule has 0 unspecified atom stereocenters. The Morgan fingerprint density at radius 3 is 2.68 bits per heavy atom. The Morgan fingerprint density at radius 2 is 1.82 bits per heavy atom. The Morgan fingerprint density at radius 1 is 1.05 bits per heavy atom. The number of fused-ring (bicyclic) bond motifs is 1. The predicted octanol–water partition coefficient (Wildman–Crippen LogP) is 4.31. The van der Waals surface area contributed by atoms with Crippen molar-refractivity contribution in [2.24, 2.45) is 5.10 Å². The topological polar surface area (TPSA) is 50.2 Å². The SMILES string of the molecule is ClC(=C\c1ccccc1)/C=N/Nc1nncc2ccccc12. The molecule has 0 aliphatic heterocycles. The van der Waals surface area contributed by atoms with Crippen molar-refractivity contribution in [3.63, 3.8) is 0 Å². The molecular formula is C17H13ClN4. The number of anilines is 1. The largest absolute Gasteiger partial charge is 0.259 e. The molecule has 0 bridgehead atoms. The van der Waals surface area contributed by atoms with E-state index in [1.807, 2.05) is 60.7 Å². The molecule has 0 spiro atoms. The van der Waals surface area contributed by atoms with Crippen molar-refractivity contribution in [1.82, 2.24) is 10.2 Å². The smallest absolute Gasteiger partial charge is 0.176 e. The zero-order chi connectivity index (χ0) is 15.2. The average Bonchev–Trinajstić information content (AvgIpc) is 2.56. The van der Waals surface area contributed by atoms with E-state index in [1.165, 1.54) is 6.21 Å². The van der Waals surface area contributed by atoms with E-state index >= 15 is 0 Å². The lowest BCUT2D eigenvalue weighted by atomic mass is 10.2. The lowest BCUT2D eigenvalue weighted by molar-refractivity contribution is 1.04. The van der Waals surface area contributed by atoms with Gasteiger partial charge in [-0.1, -0.05) is 66.2 Å². The van der Waals surface area contributed by atoms with Crippen LogP contribution in [0.15, 0.2) is 70.9 Å². The van der Waals surface area contributed by atoms with Crippen molar-refractivity contribution in [3.05, 3.63) is 71.4 Å². The number of rotatable bonds is 4. The second-order valence-electron chi connectivity index (χ2n) is 4.59. The van der Waals surface area contributed by atoms with Gasteiger partial charge >= 0.3 is 0 Å². The molecule has 0 saturated carbocycles. The molecule has 108 valence electrons. The van der Waals surface area contributed by atoms with Gasteiger partial charge in [-0.3, -0.25) is 5.43 Å². The zero-order valence-corrected chi connectivity index (χ0v) is 12.4. The van der Waals surface area contributed by atoms with Gasteiger partial charge in [-0.2, -0.15) is 10.2 Å². The van der Waals surface area contributed by atoms with Crippen LogP contribution in [0.4, 0.5) is 5.82 Å². The van der Waals surface area contributed by atoms with E-state index in [0.29, 0.717) is 10.9 Å². The first-order valence-electron chi connectivity index (χ1n) is 6.75. The van der Waals surface area contributed by atoms with Crippen LogP contribution in [0.25, 0.3) is 16.8 Å². The number of benzene rings is 2. The predicted molar refractivity (Wildman–Crippen MR) is 91.9 cm³/mol. The molecule has 2 aromatic carbocycles. The summed E-state index contributed by atoms with van der Waals surface area (Å²) < 4.78 is 0. The third-order valence-corrected chi connectivity index (χ3v) is 3.24. The number of aromatic nitrogens is 2. The van der Waals surface area contributed by atoms with E-state index < -0.39 is 0 Å². The van der Waals surface area contributed by atoms with Crippen molar-refractivity contribution in [2.45, 2.75) is 0 Å².